The van der Waals surface area contributed by atoms with Gasteiger partial charge in [-0.1, -0.05) is 44.2 Å². The van der Waals surface area contributed by atoms with Crippen LogP contribution in [0, 0.1) is 0 Å². The third-order valence-corrected chi connectivity index (χ3v) is 7.33. The Morgan fingerprint density at radius 3 is 2.10 bits per heavy atom. The highest BCUT2D eigenvalue weighted by Crippen LogP contribution is 2.30. The summed E-state index contributed by atoms with van der Waals surface area (Å²) < 4.78 is 54.6. The summed E-state index contributed by atoms with van der Waals surface area (Å²) in [7, 11) is -4.05. The molecule has 0 saturated carbocycles. The van der Waals surface area contributed by atoms with Crippen molar-refractivity contribution in [1.82, 2.24) is 4.31 Å². The van der Waals surface area contributed by atoms with Crippen molar-refractivity contribution in [2.24, 2.45) is 0 Å². The second-order valence-corrected chi connectivity index (χ2v) is 10.0. The maximum absolute atomic E-state index is 12.8. The number of anilines is 2. The van der Waals surface area contributed by atoms with E-state index in [1.54, 1.807) is 51.0 Å². The lowest BCUT2D eigenvalue weighted by Gasteiger charge is -2.22. The number of benzene rings is 2. The second-order valence-electron chi connectivity index (χ2n) is 6.52. The van der Waals surface area contributed by atoms with E-state index < -0.39 is 20.0 Å². The molecular formula is C20H27N3O4S2. The minimum absolute atomic E-state index is 0.0385. The zero-order chi connectivity index (χ0) is 21.7. The van der Waals surface area contributed by atoms with Gasteiger partial charge in [-0.3, -0.25) is 4.72 Å². The van der Waals surface area contributed by atoms with E-state index in [4.69, 9.17) is 0 Å². The second kappa shape index (κ2) is 9.43. The van der Waals surface area contributed by atoms with Crippen molar-refractivity contribution in [3.05, 3.63) is 59.5 Å². The fourth-order valence-electron chi connectivity index (χ4n) is 2.78. The van der Waals surface area contributed by atoms with Gasteiger partial charge in [0.25, 0.3) is 10.0 Å². The molecule has 0 aliphatic rings. The summed E-state index contributed by atoms with van der Waals surface area (Å²) in [4.78, 5) is 1.75. The number of hydrogen-bond donors (Lipinski definition) is 1. The maximum Gasteiger partial charge on any atom is 0.255 e. The molecule has 0 fully saturated rings. The van der Waals surface area contributed by atoms with Crippen LogP contribution < -0.4 is 9.62 Å². The molecule has 158 valence electrons. The van der Waals surface area contributed by atoms with Crippen LogP contribution in [-0.2, 0) is 20.0 Å². The first-order valence-corrected chi connectivity index (χ1v) is 12.2. The smallest absolute Gasteiger partial charge is 0.255 e. The van der Waals surface area contributed by atoms with Crippen LogP contribution in [0.5, 0.6) is 0 Å². The van der Waals surface area contributed by atoms with Crippen LogP contribution in [0.25, 0.3) is 6.08 Å². The van der Waals surface area contributed by atoms with E-state index in [1.807, 2.05) is 18.2 Å². The van der Waals surface area contributed by atoms with E-state index in [2.05, 4.69) is 4.72 Å². The molecule has 2 rings (SSSR count). The minimum Gasteiger partial charge on any atom is -0.376 e. The van der Waals surface area contributed by atoms with E-state index in [-0.39, 0.29) is 10.6 Å². The van der Waals surface area contributed by atoms with E-state index in [1.165, 1.54) is 22.5 Å². The molecule has 1 N–H and O–H groups in total. The van der Waals surface area contributed by atoms with Crippen LogP contribution in [0.1, 0.15) is 19.4 Å². The Hall–Kier alpha value is -2.36. The fourth-order valence-corrected chi connectivity index (χ4v) is 5.14. The van der Waals surface area contributed by atoms with Gasteiger partial charge in [0.2, 0.25) is 10.0 Å². The van der Waals surface area contributed by atoms with E-state index in [0.29, 0.717) is 18.8 Å². The van der Waals surface area contributed by atoms with E-state index in [0.717, 1.165) is 11.0 Å². The molecule has 0 aromatic heterocycles. The summed E-state index contributed by atoms with van der Waals surface area (Å²) in [5.41, 5.74) is 1.49. The van der Waals surface area contributed by atoms with Gasteiger partial charge in [-0.2, -0.15) is 4.31 Å². The lowest BCUT2D eigenvalue weighted by molar-refractivity contribution is 0.445. The molecule has 0 unspecified atom stereocenters. The Morgan fingerprint density at radius 2 is 1.55 bits per heavy atom. The van der Waals surface area contributed by atoms with Crippen LogP contribution >= 0.6 is 0 Å². The fraction of sp³-hybridized carbons (Fsp3) is 0.300. The van der Waals surface area contributed by atoms with Crippen molar-refractivity contribution >= 4 is 37.5 Å². The number of nitrogens with one attached hydrogen (secondary N) is 1. The van der Waals surface area contributed by atoms with Crippen LogP contribution in [0.15, 0.2) is 58.8 Å². The molecule has 0 heterocycles. The molecular weight excluding hydrogens is 410 g/mol. The molecule has 29 heavy (non-hydrogen) atoms. The molecule has 2 aromatic carbocycles. The van der Waals surface area contributed by atoms with Gasteiger partial charge < -0.3 is 4.90 Å². The summed E-state index contributed by atoms with van der Waals surface area (Å²) in [6, 6.07) is 13.5. The van der Waals surface area contributed by atoms with Crippen LogP contribution in [0.3, 0.4) is 0 Å². The predicted molar refractivity (Wildman–Crippen MR) is 119 cm³/mol. The molecule has 0 atom stereocenters. The van der Waals surface area contributed by atoms with Gasteiger partial charge in [-0.05, 0) is 29.8 Å². The minimum atomic E-state index is -3.85. The van der Waals surface area contributed by atoms with Crippen molar-refractivity contribution in [1.29, 1.82) is 0 Å². The maximum atomic E-state index is 12.8. The van der Waals surface area contributed by atoms with Gasteiger partial charge in [-0.15, -0.1) is 0 Å². The van der Waals surface area contributed by atoms with Gasteiger partial charge in [-0.25, -0.2) is 16.8 Å². The molecule has 9 heteroatoms. The van der Waals surface area contributed by atoms with Crippen LogP contribution in [0.4, 0.5) is 11.4 Å². The Kier molecular flexibility index (Phi) is 7.45. The van der Waals surface area contributed by atoms with Gasteiger partial charge in [0.1, 0.15) is 0 Å². The average molecular weight is 438 g/mol. The molecule has 0 amide bonds. The van der Waals surface area contributed by atoms with Gasteiger partial charge in [0, 0.05) is 27.2 Å². The van der Waals surface area contributed by atoms with Crippen molar-refractivity contribution in [2.75, 3.05) is 36.8 Å². The SMILES string of the molecule is CCN(CC)S(=O)(=O)c1ccc(N(C)C)c(NS(=O)(=O)C=Cc2ccccc2)c1. The number of nitrogens with zero attached hydrogens (tertiary/aromatic N) is 2. The number of rotatable bonds is 9. The van der Waals surface area contributed by atoms with Gasteiger partial charge in [0.15, 0.2) is 0 Å². The van der Waals surface area contributed by atoms with Gasteiger partial charge in [0.05, 0.1) is 21.7 Å². The van der Waals surface area contributed by atoms with E-state index in [9.17, 15) is 16.8 Å². The molecule has 0 spiro atoms. The summed E-state index contributed by atoms with van der Waals surface area (Å²) in [6.45, 7) is 4.17. The zero-order valence-electron chi connectivity index (χ0n) is 17.0. The predicted octanol–water partition coefficient (Wildman–Crippen LogP) is 3.20. The first-order valence-electron chi connectivity index (χ1n) is 9.18. The highest BCUT2D eigenvalue weighted by molar-refractivity contribution is 7.95. The third kappa shape index (κ3) is 5.81. The Labute approximate surface area is 173 Å². The van der Waals surface area contributed by atoms with Crippen molar-refractivity contribution < 1.29 is 16.8 Å². The topological polar surface area (TPSA) is 86.8 Å². The third-order valence-electron chi connectivity index (χ3n) is 4.28. The molecule has 0 saturated heterocycles. The molecule has 0 bridgehead atoms. The van der Waals surface area contributed by atoms with E-state index >= 15 is 0 Å². The van der Waals surface area contributed by atoms with Crippen LogP contribution in [0.2, 0.25) is 0 Å². The Morgan fingerprint density at radius 1 is 0.931 bits per heavy atom. The average Bonchev–Trinajstić information content (AvgIpc) is 2.67. The first kappa shape index (κ1) is 22.9. The molecule has 7 nitrogen and oxygen atoms in total. The molecule has 0 aliphatic heterocycles. The summed E-state index contributed by atoms with van der Waals surface area (Å²) >= 11 is 0. The van der Waals surface area contributed by atoms with Crippen LogP contribution in [-0.4, -0.2) is 48.3 Å². The summed E-state index contributed by atoms with van der Waals surface area (Å²) in [6.07, 6.45) is 1.48. The molecule has 0 aliphatic carbocycles. The Balaban J connectivity index is 2.43. The lowest BCUT2D eigenvalue weighted by Crippen LogP contribution is -2.30. The van der Waals surface area contributed by atoms with Crippen molar-refractivity contribution in [3.8, 4) is 0 Å². The quantitative estimate of drug-likeness (QED) is 0.651. The van der Waals surface area contributed by atoms with Crippen molar-refractivity contribution in [3.63, 3.8) is 0 Å². The summed E-state index contributed by atoms with van der Waals surface area (Å²) in [5.74, 6) is 0. The van der Waals surface area contributed by atoms with Crippen molar-refractivity contribution in [2.45, 2.75) is 18.7 Å². The standard InChI is InChI=1S/C20H27N3O4S2/c1-5-23(6-2)29(26,27)18-12-13-20(22(3)4)19(16-18)21-28(24,25)15-14-17-10-8-7-9-11-17/h7-16,21H,5-6H2,1-4H3. The normalized spacial score (nSPS) is 12.4. The number of hydrogen-bond acceptors (Lipinski definition) is 5. The Bertz CT molecular complexity index is 1060. The molecule has 0 radical (unpaired) electrons. The monoisotopic (exact) mass is 437 g/mol. The van der Waals surface area contributed by atoms with Gasteiger partial charge >= 0.3 is 0 Å². The highest BCUT2D eigenvalue weighted by Gasteiger charge is 2.23. The summed E-state index contributed by atoms with van der Waals surface area (Å²) in [5, 5.41) is 1.06. The first-order chi connectivity index (χ1) is 13.6. The lowest BCUT2D eigenvalue weighted by atomic mass is 10.2. The molecule has 2 aromatic rings. The number of sulfonamides is 2. The highest BCUT2D eigenvalue weighted by atomic mass is 32.2. The largest absolute Gasteiger partial charge is 0.376 e. The zero-order valence-corrected chi connectivity index (χ0v) is 18.7.